The minimum atomic E-state index is 0.0709. The second kappa shape index (κ2) is 4.26. The standard InChI is InChI=1S/C8H10O2S/c1-7(9)5-10-6-8-3-2-4-11-8/h2-4H,5-6H2,1H3. The highest BCUT2D eigenvalue weighted by atomic mass is 32.1. The number of Topliss-reactive ketones (excluding diaryl/α,β-unsaturated/α-hetero) is 1. The summed E-state index contributed by atoms with van der Waals surface area (Å²) in [5, 5.41) is 1.99. The molecule has 0 spiro atoms. The third kappa shape index (κ3) is 3.30. The molecule has 0 aliphatic heterocycles. The zero-order valence-electron chi connectivity index (χ0n) is 6.37. The molecule has 2 nitrogen and oxygen atoms in total. The molecule has 0 aliphatic carbocycles. The van der Waals surface area contributed by atoms with Crippen LogP contribution in [0.2, 0.25) is 0 Å². The van der Waals surface area contributed by atoms with Gasteiger partial charge in [0.2, 0.25) is 0 Å². The second-order valence-electron chi connectivity index (χ2n) is 2.27. The average Bonchev–Trinajstić information content (AvgIpc) is 2.39. The molecule has 0 saturated carbocycles. The second-order valence-corrected chi connectivity index (χ2v) is 3.31. The van der Waals surface area contributed by atoms with E-state index >= 15 is 0 Å². The van der Waals surface area contributed by atoms with Crippen molar-refractivity contribution in [2.45, 2.75) is 13.5 Å². The van der Waals surface area contributed by atoms with Crippen molar-refractivity contribution in [1.29, 1.82) is 0 Å². The summed E-state index contributed by atoms with van der Waals surface area (Å²) in [6.07, 6.45) is 0. The predicted octanol–water partition coefficient (Wildman–Crippen LogP) is 1.85. The zero-order chi connectivity index (χ0) is 8.10. The lowest BCUT2D eigenvalue weighted by molar-refractivity contribution is -0.121. The van der Waals surface area contributed by atoms with Crippen LogP contribution in [-0.4, -0.2) is 12.4 Å². The Kier molecular flexibility index (Phi) is 3.26. The van der Waals surface area contributed by atoms with Crippen LogP contribution in [0.3, 0.4) is 0 Å². The van der Waals surface area contributed by atoms with Crippen LogP contribution in [-0.2, 0) is 16.1 Å². The van der Waals surface area contributed by atoms with Crippen LogP contribution in [0.5, 0.6) is 0 Å². The molecule has 0 bridgehead atoms. The maximum Gasteiger partial charge on any atom is 0.155 e. The van der Waals surface area contributed by atoms with Crippen LogP contribution in [0.4, 0.5) is 0 Å². The fraction of sp³-hybridized carbons (Fsp3) is 0.375. The van der Waals surface area contributed by atoms with Crippen molar-refractivity contribution < 1.29 is 9.53 Å². The summed E-state index contributed by atoms with van der Waals surface area (Å²) >= 11 is 1.64. The normalized spacial score (nSPS) is 9.91. The van der Waals surface area contributed by atoms with Gasteiger partial charge in [0.05, 0.1) is 6.61 Å². The lowest BCUT2D eigenvalue weighted by Gasteiger charge is -1.97. The molecule has 0 atom stereocenters. The van der Waals surface area contributed by atoms with Crippen molar-refractivity contribution in [3.05, 3.63) is 22.4 Å². The molecule has 11 heavy (non-hydrogen) atoms. The van der Waals surface area contributed by atoms with Gasteiger partial charge in [-0.3, -0.25) is 4.79 Å². The van der Waals surface area contributed by atoms with Crippen LogP contribution in [0, 0.1) is 0 Å². The number of thiophene rings is 1. The molecule has 1 rings (SSSR count). The van der Waals surface area contributed by atoms with Gasteiger partial charge in [-0.15, -0.1) is 11.3 Å². The van der Waals surface area contributed by atoms with E-state index in [1.807, 2.05) is 17.5 Å². The Morgan fingerprint density at radius 3 is 3.09 bits per heavy atom. The molecular weight excluding hydrogens is 160 g/mol. The molecule has 1 aromatic heterocycles. The van der Waals surface area contributed by atoms with E-state index in [0.29, 0.717) is 6.61 Å². The van der Waals surface area contributed by atoms with Crippen molar-refractivity contribution in [3.63, 3.8) is 0 Å². The van der Waals surface area contributed by atoms with Crippen molar-refractivity contribution in [2.75, 3.05) is 6.61 Å². The largest absolute Gasteiger partial charge is 0.368 e. The third-order valence-electron chi connectivity index (χ3n) is 1.13. The topological polar surface area (TPSA) is 26.3 Å². The fourth-order valence-electron chi connectivity index (χ4n) is 0.690. The highest BCUT2D eigenvalue weighted by molar-refractivity contribution is 7.09. The number of carbonyl (C=O) groups is 1. The highest BCUT2D eigenvalue weighted by Crippen LogP contribution is 2.08. The smallest absolute Gasteiger partial charge is 0.155 e. The molecule has 3 heteroatoms. The van der Waals surface area contributed by atoms with Gasteiger partial charge in [-0.25, -0.2) is 0 Å². The van der Waals surface area contributed by atoms with Crippen molar-refractivity contribution >= 4 is 17.1 Å². The molecule has 0 radical (unpaired) electrons. The van der Waals surface area contributed by atoms with Crippen LogP contribution >= 0.6 is 11.3 Å². The molecule has 0 aromatic carbocycles. The molecule has 1 aromatic rings. The number of carbonyl (C=O) groups excluding carboxylic acids is 1. The first-order valence-electron chi connectivity index (χ1n) is 3.38. The van der Waals surface area contributed by atoms with E-state index < -0.39 is 0 Å². The van der Waals surface area contributed by atoms with Gasteiger partial charge in [0, 0.05) is 4.88 Å². The van der Waals surface area contributed by atoms with Gasteiger partial charge in [0.1, 0.15) is 6.61 Å². The first kappa shape index (κ1) is 8.43. The number of ether oxygens (including phenoxy) is 1. The van der Waals surface area contributed by atoms with Gasteiger partial charge in [-0.2, -0.15) is 0 Å². The Morgan fingerprint density at radius 1 is 1.73 bits per heavy atom. The van der Waals surface area contributed by atoms with E-state index in [9.17, 15) is 4.79 Å². The lowest BCUT2D eigenvalue weighted by atomic mass is 10.5. The van der Waals surface area contributed by atoms with E-state index in [-0.39, 0.29) is 12.4 Å². The summed E-state index contributed by atoms with van der Waals surface area (Å²) in [7, 11) is 0. The number of rotatable bonds is 4. The molecule has 0 fully saturated rings. The van der Waals surface area contributed by atoms with E-state index in [2.05, 4.69) is 0 Å². The number of ketones is 1. The molecule has 0 N–H and O–H groups in total. The van der Waals surface area contributed by atoms with Gasteiger partial charge in [0.15, 0.2) is 5.78 Å². The fourth-order valence-corrected chi connectivity index (χ4v) is 1.33. The van der Waals surface area contributed by atoms with Crippen molar-refractivity contribution in [3.8, 4) is 0 Å². The van der Waals surface area contributed by atoms with Crippen LogP contribution in [0.1, 0.15) is 11.8 Å². The summed E-state index contributed by atoms with van der Waals surface area (Å²) in [5.74, 6) is 0.0709. The third-order valence-corrected chi connectivity index (χ3v) is 1.98. The van der Waals surface area contributed by atoms with Gasteiger partial charge in [-0.05, 0) is 18.4 Å². The summed E-state index contributed by atoms with van der Waals surface area (Å²) in [6.45, 7) is 2.30. The lowest BCUT2D eigenvalue weighted by Crippen LogP contribution is -2.02. The monoisotopic (exact) mass is 170 g/mol. The van der Waals surface area contributed by atoms with Crippen LogP contribution in [0.15, 0.2) is 17.5 Å². The average molecular weight is 170 g/mol. The number of hydrogen-bond donors (Lipinski definition) is 0. The highest BCUT2D eigenvalue weighted by Gasteiger charge is 1.95. The van der Waals surface area contributed by atoms with E-state index in [0.717, 1.165) is 4.88 Å². The van der Waals surface area contributed by atoms with Gasteiger partial charge >= 0.3 is 0 Å². The summed E-state index contributed by atoms with van der Waals surface area (Å²) in [5.41, 5.74) is 0. The molecule has 60 valence electrons. The molecule has 0 saturated heterocycles. The minimum absolute atomic E-state index is 0.0709. The summed E-state index contributed by atoms with van der Waals surface area (Å²) in [4.78, 5) is 11.6. The Balaban J connectivity index is 2.19. The summed E-state index contributed by atoms with van der Waals surface area (Å²) in [6, 6.07) is 3.96. The Bertz CT molecular complexity index is 216. The van der Waals surface area contributed by atoms with Gasteiger partial charge in [-0.1, -0.05) is 6.07 Å². The summed E-state index contributed by atoms with van der Waals surface area (Å²) < 4.78 is 5.10. The SMILES string of the molecule is CC(=O)COCc1cccs1. The minimum Gasteiger partial charge on any atom is -0.368 e. The molecule has 1 heterocycles. The Hall–Kier alpha value is -0.670. The van der Waals surface area contributed by atoms with Gasteiger partial charge < -0.3 is 4.74 Å². The molecule has 0 amide bonds. The predicted molar refractivity (Wildman–Crippen MR) is 44.7 cm³/mol. The van der Waals surface area contributed by atoms with Crippen molar-refractivity contribution in [2.24, 2.45) is 0 Å². The van der Waals surface area contributed by atoms with Crippen molar-refractivity contribution in [1.82, 2.24) is 0 Å². The molecule has 0 aliphatic rings. The number of hydrogen-bond acceptors (Lipinski definition) is 3. The maximum absolute atomic E-state index is 10.5. The molecule has 0 unspecified atom stereocenters. The maximum atomic E-state index is 10.5. The van der Waals surface area contributed by atoms with E-state index in [4.69, 9.17) is 4.74 Å². The van der Waals surface area contributed by atoms with E-state index in [1.54, 1.807) is 11.3 Å². The first-order valence-corrected chi connectivity index (χ1v) is 4.26. The molecular formula is C8H10O2S. The van der Waals surface area contributed by atoms with Crippen LogP contribution < -0.4 is 0 Å². The first-order chi connectivity index (χ1) is 5.29. The zero-order valence-corrected chi connectivity index (χ0v) is 7.19. The van der Waals surface area contributed by atoms with Crippen LogP contribution in [0.25, 0.3) is 0 Å². The van der Waals surface area contributed by atoms with E-state index in [1.165, 1.54) is 6.92 Å². The quantitative estimate of drug-likeness (QED) is 0.689. The van der Waals surface area contributed by atoms with Gasteiger partial charge in [0.25, 0.3) is 0 Å². The Labute approximate surface area is 69.8 Å². The Morgan fingerprint density at radius 2 is 2.55 bits per heavy atom.